The molecule has 4 rings (SSSR count). The molecule has 0 saturated heterocycles. The lowest BCUT2D eigenvalue weighted by molar-refractivity contribution is -0.150. The van der Waals surface area contributed by atoms with Crippen molar-refractivity contribution in [2.75, 3.05) is 10.6 Å². The maximum atomic E-state index is 13.9. The predicted molar refractivity (Wildman–Crippen MR) is 151 cm³/mol. The second kappa shape index (κ2) is 10.7. The summed E-state index contributed by atoms with van der Waals surface area (Å²) in [6.45, 7) is 9.15. The van der Waals surface area contributed by atoms with Gasteiger partial charge in [0.2, 0.25) is 11.8 Å². The highest BCUT2D eigenvalue weighted by molar-refractivity contribution is 6.31. The number of carbonyl (C=O) groups is 3. The summed E-state index contributed by atoms with van der Waals surface area (Å²) in [6.07, 6.45) is -0.344. The van der Waals surface area contributed by atoms with Gasteiger partial charge in [-0.05, 0) is 80.6 Å². The lowest BCUT2D eigenvalue weighted by Crippen LogP contribution is -2.56. The molecule has 1 aliphatic carbocycles. The van der Waals surface area contributed by atoms with Gasteiger partial charge in [0, 0.05) is 28.7 Å². The average Bonchev–Trinajstić information content (AvgIpc) is 2.84. The molecule has 7 heteroatoms. The number of aryl methyl sites for hydroxylation is 2. The van der Waals surface area contributed by atoms with Crippen LogP contribution in [0.5, 0.6) is 0 Å². The summed E-state index contributed by atoms with van der Waals surface area (Å²) in [5, 5.41) is 17.7. The first-order valence-electron chi connectivity index (χ1n) is 12.7. The van der Waals surface area contributed by atoms with Crippen LogP contribution in [0.15, 0.2) is 60.7 Å². The number of aliphatic hydroxyl groups is 1. The monoisotopic (exact) mass is 532 g/mol. The van der Waals surface area contributed by atoms with Crippen LogP contribution in [0.3, 0.4) is 0 Å². The standard InChI is InChI=1S/C31H33ClN2O4/c1-17-10-8-14-23(19(17)3)33-29(36)27-25(35)16-31(5,38)28(26(27)21-12-6-7-13-22(21)32)30(37)34-24-15-9-11-18(2)20(24)4/h6-15,26-28,38H,16H2,1-5H3,(H,33,36)(H,34,37). The van der Waals surface area contributed by atoms with E-state index < -0.39 is 41.0 Å². The molecule has 4 unspecified atom stereocenters. The highest BCUT2D eigenvalue weighted by Crippen LogP contribution is 2.48. The SMILES string of the molecule is Cc1cccc(NC(=O)C2C(=O)CC(C)(O)C(C(=O)Nc3cccc(C)c3C)C2c2ccccc2Cl)c1C. The number of carbonyl (C=O) groups excluding carboxylic acids is 3. The van der Waals surface area contributed by atoms with Crippen molar-refractivity contribution in [3.8, 4) is 0 Å². The normalized spacial score (nSPS) is 23.1. The van der Waals surface area contributed by atoms with Crippen LogP contribution in [0.4, 0.5) is 11.4 Å². The highest BCUT2D eigenvalue weighted by atomic mass is 35.5. The van der Waals surface area contributed by atoms with Gasteiger partial charge in [-0.3, -0.25) is 14.4 Å². The number of benzene rings is 3. The zero-order valence-corrected chi connectivity index (χ0v) is 23.0. The molecule has 38 heavy (non-hydrogen) atoms. The second-order valence-electron chi connectivity index (χ2n) is 10.5. The second-order valence-corrected chi connectivity index (χ2v) is 10.9. The van der Waals surface area contributed by atoms with E-state index in [2.05, 4.69) is 10.6 Å². The van der Waals surface area contributed by atoms with Crippen molar-refractivity contribution in [1.29, 1.82) is 0 Å². The van der Waals surface area contributed by atoms with Gasteiger partial charge in [-0.25, -0.2) is 0 Å². The molecular formula is C31H33ClN2O4. The fourth-order valence-electron chi connectivity index (χ4n) is 5.41. The average molecular weight is 533 g/mol. The van der Waals surface area contributed by atoms with Crippen LogP contribution in [0.1, 0.15) is 47.1 Å². The molecule has 6 nitrogen and oxygen atoms in total. The Hall–Kier alpha value is -3.48. The lowest BCUT2D eigenvalue weighted by atomic mass is 9.61. The molecular weight excluding hydrogens is 500 g/mol. The maximum absolute atomic E-state index is 13.9. The Kier molecular flexibility index (Phi) is 7.77. The van der Waals surface area contributed by atoms with Crippen LogP contribution in [0.2, 0.25) is 5.02 Å². The quantitative estimate of drug-likeness (QED) is 0.357. The number of halogens is 1. The van der Waals surface area contributed by atoms with Gasteiger partial charge in [-0.15, -0.1) is 0 Å². The molecule has 2 amide bonds. The zero-order valence-electron chi connectivity index (χ0n) is 22.3. The van der Waals surface area contributed by atoms with Gasteiger partial charge < -0.3 is 15.7 Å². The molecule has 0 bridgehead atoms. The minimum atomic E-state index is -1.71. The Labute approximate surface area is 228 Å². The molecule has 1 fully saturated rings. The van der Waals surface area contributed by atoms with Gasteiger partial charge in [-0.1, -0.05) is 54.1 Å². The molecule has 1 aliphatic rings. The van der Waals surface area contributed by atoms with Gasteiger partial charge >= 0.3 is 0 Å². The molecule has 0 radical (unpaired) electrons. The summed E-state index contributed by atoms with van der Waals surface area (Å²) >= 11 is 6.59. The number of hydrogen-bond acceptors (Lipinski definition) is 4. The first-order valence-corrected chi connectivity index (χ1v) is 13.0. The first kappa shape index (κ1) is 27.6. The van der Waals surface area contributed by atoms with Gasteiger partial charge in [-0.2, -0.15) is 0 Å². The van der Waals surface area contributed by atoms with E-state index >= 15 is 0 Å². The smallest absolute Gasteiger partial charge is 0.235 e. The molecule has 3 aromatic carbocycles. The molecule has 0 aromatic heterocycles. The minimum Gasteiger partial charge on any atom is -0.389 e. The van der Waals surface area contributed by atoms with Crippen LogP contribution in [0.25, 0.3) is 0 Å². The number of nitrogens with one attached hydrogen (secondary N) is 2. The van der Waals surface area contributed by atoms with Crippen molar-refractivity contribution >= 4 is 40.6 Å². The lowest BCUT2D eigenvalue weighted by Gasteiger charge is -2.44. The number of rotatable bonds is 5. The van der Waals surface area contributed by atoms with Crippen molar-refractivity contribution in [2.24, 2.45) is 11.8 Å². The Morgan fingerprint density at radius 1 is 0.842 bits per heavy atom. The van der Waals surface area contributed by atoms with Crippen molar-refractivity contribution in [2.45, 2.75) is 52.6 Å². The van der Waals surface area contributed by atoms with Crippen LogP contribution in [-0.2, 0) is 14.4 Å². The van der Waals surface area contributed by atoms with E-state index in [4.69, 9.17) is 11.6 Å². The van der Waals surface area contributed by atoms with E-state index in [0.717, 1.165) is 22.3 Å². The maximum Gasteiger partial charge on any atom is 0.235 e. The summed E-state index contributed by atoms with van der Waals surface area (Å²) in [5.41, 5.74) is 3.73. The molecule has 3 aromatic rings. The van der Waals surface area contributed by atoms with E-state index in [0.29, 0.717) is 22.0 Å². The molecule has 1 saturated carbocycles. The van der Waals surface area contributed by atoms with E-state index in [1.165, 1.54) is 6.92 Å². The largest absolute Gasteiger partial charge is 0.389 e. The molecule has 0 aliphatic heterocycles. The fourth-order valence-corrected chi connectivity index (χ4v) is 5.67. The summed E-state index contributed by atoms with van der Waals surface area (Å²) in [7, 11) is 0. The molecule has 0 spiro atoms. The van der Waals surface area contributed by atoms with Crippen molar-refractivity contribution in [3.63, 3.8) is 0 Å². The van der Waals surface area contributed by atoms with E-state index in [1.54, 1.807) is 36.4 Å². The summed E-state index contributed by atoms with van der Waals surface area (Å²) in [5.74, 6) is -4.81. The Morgan fingerprint density at radius 2 is 1.37 bits per heavy atom. The summed E-state index contributed by atoms with van der Waals surface area (Å²) in [6, 6.07) is 18.0. The van der Waals surface area contributed by atoms with Gasteiger partial charge in [0.15, 0.2) is 0 Å². The van der Waals surface area contributed by atoms with Gasteiger partial charge in [0.05, 0.1) is 11.5 Å². The van der Waals surface area contributed by atoms with Crippen LogP contribution in [-0.4, -0.2) is 28.3 Å². The number of ketones is 1. The summed E-state index contributed by atoms with van der Waals surface area (Å²) in [4.78, 5) is 41.2. The van der Waals surface area contributed by atoms with Crippen LogP contribution < -0.4 is 10.6 Å². The number of anilines is 2. The van der Waals surface area contributed by atoms with Crippen LogP contribution in [0, 0.1) is 39.5 Å². The number of hydrogen-bond donors (Lipinski definition) is 3. The van der Waals surface area contributed by atoms with Gasteiger partial charge in [0.1, 0.15) is 11.7 Å². The third-order valence-electron chi connectivity index (χ3n) is 7.82. The third kappa shape index (κ3) is 5.24. The Morgan fingerprint density at radius 3 is 1.92 bits per heavy atom. The van der Waals surface area contributed by atoms with Crippen molar-refractivity contribution < 1.29 is 19.5 Å². The molecule has 0 heterocycles. The van der Waals surface area contributed by atoms with Gasteiger partial charge in [0.25, 0.3) is 0 Å². The Balaban J connectivity index is 1.81. The Bertz CT molecular complexity index is 1410. The van der Waals surface area contributed by atoms with Crippen molar-refractivity contribution in [3.05, 3.63) is 93.5 Å². The van der Waals surface area contributed by atoms with E-state index in [9.17, 15) is 19.5 Å². The predicted octanol–water partition coefficient (Wildman–Crippen LogP) is 5.89. The zero-order chi connectivity index (χ0) is 27.8. The van der Waals surface area contributed by atoms with E-state index in [1.807, 2.05) is 52.0 Å². The topological polar surface area (TPSA) is 95.5 Å². The number of Topliss-reactive ketones (excluding diaryl/α,β-unsaturated/α-hetero) is 1. The number of amides is 2. The minimum absolute atomic E-state index is 0.317. The van der Waals surface area contributed by atoms with Crippen LogP contribution >= 0.6 is 11.6 Å². The fraction of sp³-hybridized carbons (Fsp3) is 0.323. The summed E-state index contributed by atoms with van der Waals surface area (Å²) < 4.78 is 0. The molecule has 4 atom stereocenters. The van der Waals surface area contributed by atoms with Crippen molar-refractivity contribution in [1.82, 2.24) is 0 Å². The van der Waals surface area contributed by atoms with E-state index in [-0.39, 0.29) is 6.42 Å². The molecule has 198 valence electrons. The first-order chi connectivity index (χ1) is 17.9. The highest BCUT2D eigenvalue weighted by Gasteiger charge is 2.56. The third-order valence-corrected chi connectivity index (χ3v) is 8.17. The molecule has 3 N–H and O–H groups in total.